The number of rotatable bonds is 10. The van der Waals surface area contributed by atoms with Crippen LogP contribution < -0.4 is 9.47 Å². The van der Waals surface area contributed by atoms with E-state index in [0.717, 1.165) is 88.7 Å². The molecular weight excluding hydrogens is 897 g/mol. The fourth-order valence-corrected chi connectivity index (χ4v) is 11.4. The number of benzene rings is 8. The van der Waals surface area contributed by atoms with Gasteiger partial charge in [-0.1, -0.05) is 145 Å². The number of carbonyl (C=O) groups excluding carboxylic acids is 2. The van der Waals surface area contributed by atoms with Crippen LogP contribution in [-0.4, -0.2) is 34.7 Å². The van der Waals surface area contributed by atoms with Crippen LogP contribution in [0.25, 0.3) is 21.5 Å². The molecule has 2 aromatic heterocycles. The van der Waals surface area contributed by atoms with Gasteiger partial charge in [0.2, 0.25) is 0 Å². The zero-order valence-corrected chi connectivity index (χ0v) is 40.3. The lowest BCUT2D eigenvalue weighted by Crippen LogP contribution is -2.38. The summed E-state index contributed by atoms with van der Waals surface area (Å²) in [4.78, 5) is 37.4. The molecule has 73 heavy (non-hydrogen) atoms. The maximum absolute atomic E-state index is 14.2. The molecule has 6 nitrogen and oxygen atoms in total. The summed E-state index contributed by atoms with van der Waals surface area (Å²) in [6.45, 7) is 4.26. The molecule has 2 unspecified atom stereocenters. The topological polar surface area (TPSA) is 78.4 Å². The van der Waals surface area contributed by atoms with Gasteiger partial charge >= 0.3 is 0 Å². The van der Waals surface area contributed by atoms with E-state index in [1.807, 2.05) is 72.8 Å². The van der Waals surface area contributed by atoms with Gasteiger partial charge in [0, 0.05) is 47.0 Å². The Morgan fingerprint density at radius 1 is 0.411 bits per heavy atom. The Morgan fingerprint density at radius 2 is 0.795 bits per heavy atom. The Labute approximate surface area is 424 Å². The fourth-order valence-electron chi connectivity index (χ4n) is 11.4. The van der Waals surface area contributed by atoms with E-state index in [1.165, 1.54) is 0 Å². The average Bonchev–Trinajstić information content (AvgIpc) is 3.44. The minimum Gasteiger partial charge on any atom is -0.481 e. The lowest BCUT2D eigenvalue weighted by molar-refractivity contribution is 0.102. The number of carbonyl (C=O) groups is 2. The number of aromatic nitrogens is 2. The number of ketones is 2. The largest absolute Gasteiger partial charge is 0.481 e. The smallest absolute Gasteiger partial charge is 0.195 e. The van der Waals surface area contributed by atoms with Crippen molar-refractivity contribution in [3.63, 3.8) is 0 Å². The summed E-state index contributed by atoms with van der Waals surface area (Å²) >= 11 is 0. The molecule has 0 fully saturated rings. The molecule has 0 aliphatic heterocycles. The molecular formula is C67H46N2O4. The number of ether oxygens (including phenoxy) is 2. The standard InChI is InChI=1S/C67H46N2O4/c1-3-5-35-72-54-29-21-46-38-52(27-19-48(46)40-54)66(60-13-9-7-11-56(60)64(70)58-42-68-33-31-62(58)66)50-23-15-44(16-24-50)37-45-17-25-51(26-18-45)67(53-28-20-49-41-55(73-36-6-4-2)30-22-47(49)39-53)61-14-10-8-12-57(61)65(71)59-43-69-34-32-63(59)67/h7-34,38-43H,35-37H2,1-2H3. The molecule has 0 bridgehead atoms. The maximum Gasteiger partial charge on any atom is 0.195 e. The second-order valence-electron chi connectivity index (χ2n) is 18.5. The van der Waals surface area contributed by atoms with Crippen LogP contribution in [-0.2, 0) is 17.3 Å². The highest BCUT2D eigenvalue weighted by atomic mass is 16.5. The van der Waals surface area contributed by atoms with Crippen molar-refractivity contribution >= 4 is 33.1 Å². The van der Waals surface area contributed by atoms with E-state index in [9.17, 15) is 9.59 Å². The van der Waals surface area contributed by atoms with Gasteiger partial charge in [-0.05, 0) is 146 Å². The molecule has 0 N–H and O–H groups in total. The molecule has 0 saturated carbocycles. The van der Waals surface area contributed by atoms with Crippen molar-refractivity contribution in [3.05, 3.63) is 285 Å². The zero-order chi connectivity index (χ0) is 49.5. The lowest BCUT2D eigenvalue weighted by Gasteiger charge is -2.41. The van der Waals surface area contributed by atoms with E-state index in [1.54, 1.807) is 38.6 Å². The Hall–Kier alpha value is -9.36. The Morgan fingerprint density at radius 3 is 1.23 bits per heavy atom. The van der Waals surface area contributed by atoms with Crippen LogP contribution in [0.2, 0.25) is 0 Å². The maximum atomic E-state index is 14.2. The molecule has 2 heterocycles. The Balaban J connectivity index is 0.942. The van der Waals surface area contributed by atoms with Crippen LogP contribution in [0.15, 0.2) is 207 Å². The quantitative estimate of drug-likeness (QED) is 0.127. The first-order chi connectivity index (χ1) is 35.9. The Bertz CT molecular complexity index is 3620. The van der Waals surface area contributed by atoms with Gasteiger partial charge in [0.25, 0.3) is 0 Å². The van der Waals surface area contributed by atoms with Gasteiger partial charge in [-0.15, -0.1) is 11.8 Å². The predicted molar refractivity (Wildman–Crippen MR) is 288 cm³/mol. The van der Waals surface area contributed by atoms with E-state index >= 15 is 0 Å². The third kappa shape index (κ3) is 7.38. The zero-order valence-electron chi connectivity index (χ0n) is 40.3. The highest BCUT2D eigenvalue weighted by Crippen LogP contribution is 2.53. The first-order valence-corrected chi connectivity index (χ1v) is 24.4. The van der Waals surface area contributed by atoms with Crippen molar-refractivity contribution in [3.8, 4) is 35.2 Å². The second kappa shape index (κ2) is 18.4. The number of nitrogens with zero attached hydrogens (tertiary/aromatic N) is 2. The van der Waals surface area contributed by atoms with Gasteiger partial charge in [-0.3, -0.25) is 19.6 Å². The van der Waals surface area contributed by atoms with Crippen LogP contribution in [0, 0.1) is 23.7 Å². The number of hydrogen-bond donors (Lipinski definition) is 0. The van der Waals surface area contributed by atoms with E-state index in [4.69, 9.17) is 9.47 Å². The Kier molecular flexibility index (Phi) is 11.3. The van der Waals surface area contributed by atoms with Crippen molar-refractivity contribution < 1.29 is 19.1 Å². The van der Waals surface area contributed by atoms with E-state index in [0.29, 0.717) is 41.9 Å². The monoisotopic (exact) mass is 942 g/mol. The second-order valence-corrected chi connectivity index (χ2v) is 18.5. The van der Waals surface area contributed by atoms with Gasteiger partial charge < -0.3 is 9.47 Å². The van der Waals surface area contributed by atoms with Crippen LogP contribution >= 0.6 is 0 Å². The minimum atomic E-state index is -0.830. The van der Waals surface area contributed by atoms with Gasteiger partial charge in [-0.2, -0.15) is 0 Å². The normalized spacial score (nSPS) is 16.2. The molecule has 2 aliphatic rings. The van der Waals surface area contributed by atoms with Gasteiger partial charge in [-0.25, -0.2) is 0 Å². The van der Waals surface area contributed by atoms with Gasteiger partial charge in [0.05, 0.1) is 10.8 Å². The molecule has 0 spiro atoms. The van der Waals surface area contributed by atoms with Crippen molar-refractivity contribution in [1.82, 2.24) is 9.97 Å². The van der Waals surface area contributed by atoms with Crippen molar-refractivity contribution in [1.29, 1.82) is 0 Å². The van der Waals surface area contributed by atoms with Crippen LogP contribution in [0.3, 0.4) is 0 Å². The third-order valence-electron chi connectivity index (χ3n) is 14.7. The van der Waals surface area contributed by atoms with Gasteiger partial charge in [0.15, 0.2) is 11.6 Å². The first-order valence-electron chi connectivity index (χ1n) is 24.4. The summed E-state index contributed by atoms with van der Waals surface area (Å²) in [7, 11) is 0. The highest BCUT2D eigenvalue weighted by molar-refractivity contribution is 6.15. The van der Waals surface area contributed by atoms with E-state index in [2.05, 4.69) is 143 Å². The molecule has 8 aromatic carbocycles. The summed E-state index contributed by atoms with van der Waals surface area (Å²) < 4.78 is 11.8. The van der Waals surface area contributed by atoms with Crippen LogP contribution in [0.5, 0.6) is 11.5 Å². The summed E-state index contributed by atoms with van der Waals surface area (Å²) in [5.41, 5.74) is 11.0. The molecule has 6 heteroatoms. The van der Waals surface area contributed by atoms with Crippen molar-refractivity contribution in [2.75, 3.05) is 13.2 Å². The van der Waals surface area contributed by atoms with E-state index < -0.39 is 10.8 Å². The molecule has 2 aliphatic carbocycles. The summed E-state index contributed by atoms with van der Waals surface area (Å²) in [6.07, 6.45) is 7.68. The number of pyridine rings is 2. The summed E-state index contributed by atoms with van der Waals surface area (Å²) in [5, 5.41) is 4.20. The van der Waals surface area contributed by atoms with E-state index in [-0.39, 0.29) is 11.6 Å². The van der Waals surface area contributed by atoms with Gasteiger partial charge in [0.1, 0.15) is 24.7 Å². The van der Waals surface area contributed by atoms with Crippen molar-refractivity contribution in [2.24, 2.45) is 0 Å². The van der Waals surface area contributed by atoms with Crippen LogP contribution in [0.1, 0.15) is 101 Å². The van der Waals surface area contributed by atoms with Crippen LogP contribution in [0.4, 0.5) is 0 Å². The minimum absolute atomic E-state index is 0.0315. The lowest BCUT2D eigenvalue weighted by atomic mass is 9.59. The predicted octanol–water partition coefficient (Wildman–Crippen LogP) is 13.0. The third-order valence-corrected chi connectivity index (χ3v) is 14.7. The summed E-state index contributed by atoms with van der Waals surface area (Å²) in [5.74, 6) is 13.2. The fraction of sp³-hybridized carbons (Fsp3) is 0.104. The molecule has 2 atom stereocenters. The summed E-state index contributed by atoms with van der Waals surface area (Å²) in [6, 6.07) is 63.1. The number of fused-ring (bicyclic) bond motifs is 6. The van der Waals surface area contributed by atoms with Crippen molar-refractivity contribution in [2.45, 2.75) is 31.1 Å². The molecule has 12 rings (SSSR count). The first kappa shape index (κ1) is 44.8. The molecule has 10 aromatic rings. The molecule has 0 radical (unpaired) electrons. The number of hydrogen-bond acceptors (Lipinski definition) is 6. The average molecular weight is 943 g/mol. The molecule has 0 amide bonds. The SMILES string of the molecule is CC#CCOc1ccc2cc(C3(c4ccc(Cc5ccc(C6(c7ccc8cc(OCC#CC)ccc8c7)c7ccccc7C(=O)c7cnccc76)cc5)cc4)c4ccccc4C(=O)c4cnccc43)ccc2c1. The highest BCUT2D eigenvalue weighted by Gasteiger charge is 2.48. The molecule has 0 saturated heterocycles. The molecule has 348 valence electrons.